The van der Waals surface area contributed by atoms with Crippen LogP contribution in [0.15, 0.2) is 30.3 Å². The summed E-state index contributed by atoms with van der Waals surface area (Å²) in [5.41, 5.74) is 2.16. The van der Waals surface area contributed by atoms with Crippen LogP contribution < -0.4 is 10.1 Å². The quantitative estimate of drug-likeness (QED) is 0.570. The molecular weight excluding hydrogens is 352 g/mol. The number of nitro groups is 1. The van der Waals surface area contributed by atoms with Crippen molar-refractivity contribution in [3.05, 3.63) is 68.3 Å². The summed E-state index contributed by atoms with van der Waals surface area (Å²) in [4.78, 5) is 34.0. The van der Waals surface area contributed by atoms with Gasteiger partial charge in [-0.25, -0.2) is 4.79 Å². The number of hydrogen-bond acceptors (Lipinski definition) is 5. The van der Waals surface area contributed by atoms with Gasteiger partial charge in [0.05, 0.1) is 17.6 Å². The van der Waals surface area contributed by atoms with Crippen LogP contribution in [-0.2, 0) is 6.42 Å². The number of carboxylic acids is 1. The van der Waals surface area contributed by atoms with E-state index in [0.717, 1.165) is 5.56 Å². The number of nitrogens with one attached hydrogen (secondary N) is 1. The van der Waals surface area contributed by atoms with E-state index in [-0.39, 0.29) is 23.4 Å². The van der Waals surface area contributed by atoms with Crippen LogP contribution in [0.25, 0.3) is 0 Å². The molecule has 0 saturated carbocycles. The molecule has 8 heteroatoms. The van der Waals surface area contributed by atoms with E-state index >= 15 is 0 Å². The molecule has 0 aliphatic heterocycles. The number of methoxy groups -OCH3 is 1. The molecule has 2 aromatic rings. The van der Waals surface area contributed by atoms with Crippen LogP contribution >= 0.6 is 0 Å². The highest BCUT2D eigenvalue weighted by atomic mass is 16.6. The molecule has 0 aliphatic carbocycles. The molecule has 2 rings (SSSR count). The normalized spacial score (nSPS) is 10.3. The first-order valence-electron chi connectivity index (χ1n) is 8.18. The number of carbonyl (C=O) groups excluding carboxylic acids is 1. The van der Waals surface area contributed by atoms with E-state index in [0.29, 0.717) is 23.3 Å². The second-order valence-corrected chi connectivity index (χ2v) is 6.05. The number of benzene rings is 2. The maximum absolute atomic E-state index is 12.4. The molecule has 2 N–H and O–H groups in total. The third-order valence-corrected chi connectivity index (χ3v) is 4.20. The van der Waals surface area contributed by atoms with Crippen molar-refractivity contribution < 1.29 is 24.4 Å². The van der Waals surface area contributed by atoms with E-state index in [2.05, 4.69) is 5.32 Å². The fourth-order valence-corrected chi connectivity index (χ4v) is 2.77. The van der Waals surface area contributed by atoms with Crippen molar-refractivity contribution >= 4 is 17.6 Å². The Kier molecular flexibility index (Phi) is 6.12. The van der Waals surface area contributed by atoms with Gasteiger partial charge >= 0.3 is 5.97 Å². The summed E-state index contributed by atoms with van der Waals surface area (Å²) in [6, 6.07) is 7.42. The van der Waals surface area contributed by atoms with E-state index in [1.165, 1.54) is 25.3 Å². The Morgan fingerprint density at radius 1 is 1.19 bits per heavy atom. The number of nitrogens with zero attached hydrogens (tertiary/aromatic N) is 1. The predicted molar refractivity (Wildman–Crippen MR) is 98.6 cm³/mol. The zero-order valence-corrected chi connectivity index (χ0v) is 15.2. The van der Waals surface area contributed by atoms with Crippen LogP contribution in [-0.4, -0.2) is 35.6 Å². The van der Waals surface area contributed by atoms with Crippen LogP contribution in [0.1, 0.15) is 37.4 Å². The van der Waals surface area contributed by atoms with Gasteiger partial charge in [-0.2, -0.15) is 0 Å². The molecule has 0 spiro atoms. The smallest absolute Gasteiger partial charge is 0.335 e. The summed E-state index contributed by atoms with van der Waals surface area (Å²) in [5.74, 6) is -1.03. The lowest BCUT2D eigenvalue weighted by Crippen LogP contribution is -2.26. The first kappa shape index (κ1) is 19.9. The average Bonchev–Trinajstić information content (AvgIpc) is 2.61. The third kappa shape index (κ3) is 4.60. The molecule has 0 unspecified atom stereocenters. The fraction of sp³-hybridized carbons (Fsp3) is 0.263. The molecule has 8 nitrogen and oxygen atoms in total. The Bertz CT molecular complexity index is 907. The van der Waals surface area contributed by atoms with Gasteiger partial charge in [0.1, 0.15) is 5.75 Å². The maximum atomic E-state index is 12.4. The number of aromatic carboxylic acids is 1. The third-order valence-electron chi connectivity index (χ3n) is 4.20. The monoisotopic (exact) mass is 372 g/mol. The van der Waals surface area contributed by atoms with E-state index in [1.807, 2.05) is 0 Å². The lowest BCUT2D eigenvalue weighted by molar-refractivity contribution is -0.385. The van der Waals surface area contributed by atoms with Crippen molar-refractivity contribution in [2.75, 3.05) is 13.7 Å². The first-order chi connectivity index (χ1) is 12.7. The molecule has 2 aromatic carbocycles. The average molecular weight is 372 g/mol. The second kappa shape index (κ2) is 8.31. The molecule has 0 atom stereocenters. The van der Waals surface area contributed by atoms with Gasteiger partial charge in [-0.1, -0.05) is 6.07 Å². The molecular formula is C19H20N2O6. The minimum Gasteiger partial charge on any atom is -0.496 e. The van der Waals surface area contributed by atoms with E-state index < -0.39 is 16.8 Å². The number of aryl methyl sites for hydroxylation is 2. The summed E-state index contributed by atoms with van der Waals surface area (Å²) in [5, 5.41) is 22.8. The van der Waals surface area contributed by atoms with Crippen LogP contribution in [0, 0.1) is 24.0 Å². The lowest BCUT2D eigenvalue weighted by atomic mass is 10.0. The van der Waals surface area contributed by atoms with Gasteiger partial charge in [0, 0.05) is 23.7 Å². The van der Waals surface area contributed by atoms with Crippen molar-refractivity contribution in [3.63, 3.8) is 0 Å². The summed E-state index contributed by atoms with van der Waals surface area (Å²) in [6.45, 7) is 3.61. The largest absolute Gasteiger partial charge is 0.496 e. The number of rotatable bonds is 7. The minimum absolute atomic E-state index is 0.100. The molecule has 0 radical (unpaired) electrons. The zero-order valence-electron chi connectivity index (χ0n) is 15.2. The van der Waals surface area contributed by atoms with E-state index in [4.69, 9.17) is 9.84 Å². The highest BCUT2D eigenvalue weighted by Gasteiger charge is 2.18. The van der Waals surface area contributed by atoms with Gasteiger partial charge in [0.25, 0.3) is 11.6 Å². The van der Waals surface area contributed by atoms with Crippen molar-refractivity contribution in [2.45, 2.75) is 20.3 Å². The summed E-state index contributed by atoms with van der Waals surface area (Å²) in [6.07, 6.45) is 0.418. The lowest BCUT2D eigenvalue weighted by Gasteiger charge is -2.11. The topological polar surface area (TPSA) is 119 Å². The Morgan fingerprint density at radius 2 is 1.89 bits per heavy atom. The predicted octanol–water partition coefficient (Wildman–Crippen LogP) is 2.89. The molecule has 0 saturated heterocycles. The number of amides is 1. The fourth-order valence-electron chi connectivity index (χ4n) is 2.77. The Balaban J connectivity index is 2.10. The van der Waals surface area contributed by atoms with Gasteiger partial charge in [0.15, 0.2) is 0 Å². The highest BCUT2D eigenvalue weighted by molar-refractivity contribution is 5.96. The first-order valence-corrected chi connectivity index (χ1v) is 8.18. The second-order valence-electron chi connectivity index (χ2n) is 6.05. The highest BCUT2D eigenvalue weighted by Crippen LogP contribution is 2.23. The molecule has 0 heterocycles. The van der Waals surface area contributed by atoms with Crippen LogP contribution in [0.4, 0.5) is 5.69 Å². The molecule has 0 aromatic heterocycles. The number of hydrogen-bond donors (Lipinski definition) is 2. The molecule has 0 fully saturated rings. The summed E-state index contributed by atoms with van der Waals surface area (Å²) >= 11 is 0. The molecule has 142 valence electrons. The van der Waals surface area contributed by atoms with Gasteiger partial charge in [-0.15, -0.1) is 0 Å². The number of ether oxygens (including phenoxy) is 1. The van der Waals surface area contributed by atoms with Crippen LogP contribution in [0.5, 0.6) is 5.75 Å². The Hall–Kier alpha value is -3.42. The van der Waals surface area contributed by atoms with Crippen molar-refractivity contribution in [3.8, 4) is 5.75 Å². The molecule has 27 heavy (non-hydrogen) atoms. The summed E-state index contributed by atoms with van der Waals surface area (Å²) < 4.78 is 5.20. The zero-order chi connectivity index (χ0) is 20.1. The number of nitro benzene ring substituents is 1. The molecule has 0 aliphatic rings. The van der Waals surface area contributed by atoms with Crippen molar-refractivity contribution in [1.29, 1.82) is 0 Å². The summed E-state index contributed by atoms with van der Waals surface area (Å²) in [7, 11) is 1.44. The van der Waals surface area contributed by atoms with Gasteiger partial charge < -0.3 is 15.2 Å². The molecule has 1 amide bonds. The van der Waals surface area contributed by atoms with Crippen LogP contribution in [0.2, 0.25) is 0 Å². The number of carboxylic acid groups (broad SMARTS) is 1. The van der Waals surface area contributed by atoms with E-state index in [9.17, 15) is 19.7 Å². The number of carbonyl (C=O) groups is 2. The SMILES string of the molecule is COc1cc(C(=O)O)ccc1CCNC(=O)c1cc([N+](=O)[O-])c(C)cc1C. The van der Waals surface area contributed by atoms with Crippen molar-refractivity contribution in [1.82, 2.24) is 5.32 Å². The van der Waals surface area contributed by atoms with Gasteiger partial charge in [-0.05, 0) is 49.6 Å². The van der Waals surface area contributed by atoms with E-state index in [1.54, 1.807) is 26.0 Å². The molecule has 0 bridgehead atoms. The Morgan fingerprint density at radius 3 is 2.48 bits per heavy atom. The maximum Gasteiger partial charge on any atom is 0.335 e. The van der Waals surface area contributed by atoms with Gasteiger partial charge in [0.2, 0.25) is 0 Å². The standard InChI is InChI=1S/C19H20N2O6/c1-11-8-12(2)16(21(25)26)10-15(11)18(22)20-7-6-13-4-5-14(19(23)24)9-17(13)27-3/h4-5,8-10H,6-7H2,1-3H3,(H,20,22)(H,23,24). The Labute approximate surface area is 155 Å². The van der Waals surface area contributed by atoms with Gasteiger partial charge in [-0.3, -0.25) is 14.9 Å². The minimum atomic E-state index is -1.05. The van der Waals surface area contributed by atoms with Crippen molar-refractivity contribution in [2.24, 2.45) is 0 Å². The van der Waals surface area contributed by atoms with Crippen LogP contribution in [0.3, 0.4) is 0 Å².